The van der Waals surface area contributed by atoms with Gasteiger partial charge >= 0.3 is 0 Å². The van der Waals surface area contributed by atoms with Crippen LogP contribution in [0.5, 0.6) is 0 Å². The van der Waals surface area contributed by atoms with E-state index in [9.17, 15) is 8.42 Å². The number of fused-ring (bicyclic) bond motifs is 1. The molecule has 0 radical (unpaired) electrons. The van der Waals surface area contributed by atoms with E-state index in [2.05, 4.69) is 19.8 Å². The van der Waals surface area contributed by atoms with Crippen molar-refractivity contribution in [3.8, 4) is 0 Å². The van der Waals surface area contributed by atoms with Crippen molar-refractivity contribution in [2.45, 2.75) is 4.90 Å². The van der Waals surface area contributed by atoms with Crippen LogP contribution in [0.3, 0.4) is 0 Å². The smallest absolute Gasteiger partial charge is 0.255 e. The van der Waals surface area contributed by atoms with Gasteiger partial charge in [-0.15, -0.1) is 4.83 Å². The van der Waals surface area contributed by atoms with Crippen LogP contribution in [0.4, 0.5) is 0 Å². The average molecular weight is 284 g/mol. The van der Waals surface area contributed by atoms with E-state index >= 15 is 0 Å². The number of sulfonamides is 1. The van der Waals surface area contributed by atoms with E-state index in [1.165, 1.54) is 6.07 Å². The molecule has 0 unspecified atom stereocenters. The fraction of sp³-hybridized carbons (Fsp3) is 0.400. The van der Waals surface area contributed by atoms with Crippen LogP contribution in [0.2, 0.25) is 0 Å². The van der Waals surface area contributed by atoms with Crippen molar-refractivity contribution in [1.29, 1.82) is 0 Å². The van der Waals surface area contributed by atoms with Gasteiger partial charge in [-0.3, -0.25) is 0 Å². The highest BCUT2D eigenvalue weighted by molar-refractivity contribution is 7.89. The molecule has 2 aromatic rings. The van der Waals surface area contributed by atoms with Crippen molar-refractivity contribution < 1.29 is 17.8 Å². The number of benzene rings is 1. The number of ether oxygens (including phenoxy) is 1. The SMILES string of the molecule is O=S(=O)(NN1CCOCC1)c1cccc2nonc12. The summed E-state index contributed by atoms with van der Waals surface area (Å²) in [5.41, 5.74) is 0.633. The Balaban J connectivity index is 1.93. The van der Waals surface area contributed by atoms with Crippen LogP contribution in [0.1, 0.15) is 0 Å². The molecule has 8 nitrogen and oxygen atoms in total. The molecule has 0 aliphatic carbocycles. The first-order valence-corrected chi connectivity index (χ1v) is 7.21. The molecule has 2 heterocycles. The molecule has 1 fully saturated rings. The molecule has 1 aromatic carbocycles. The van der Waals surface area contributed by atoms with Crippen molar-refractivity contribution in [2.24, 2.45) is 0 Å². The van der Waals surface area contributed by atoms with Gasteiger partial charge in [0.15, 0.2) is 5.52 Å². The van der Waals surface area contributed by atoms with E-state index in [1.54, 1.807) is 17.1 Å². The van der Waals surface area contributed by atoms with E-state index in [0.717, 1.165) is 0 Å². The second-order valence-corrected chi connectivity index (χ2v) is 5.71. The Morgan fingerprint density at radius 3 is 2.79 bits per heavy atom. The zero-order valence-electron chi connectivity index (χ0n) is 9.94. The molecule has 1 N–H and O–H groups in total. The summed E-state index contributed by atoms with van der Waals surface area (Å²) < 4.78 is 34.3. The predicted octanol–water partition coefficient (Wildman–Crippen LogP) is -0.252. The Labute approximate surface area is 109 Å². The van der Waals surface area contributed by atoms with E-state index in [0.29, 0.717) is 31.8 Å². The average Bonchev–Trinajstić information content (AvgIpc) is 2.87. The van der Waals surface area contributed by atoms with Gasteiger partial charge in [-0.2, -0.15) is 0 Å². The van der Waals surface area contributed by atoms with Crippen molar-refractivity contribution >= 4 is 21.1 Å². The largest absolute Gasteiger partial charge is 0.379 e. The summed E-state index contributed by atoms with van der Waals surface area (Å²) in [5, 5.41) is 8.86. The molecule has 1 aromatic heterocycles. The summed E-state index contributed by atoms with van der Waals surface area (Å²) in [6.45, 7) is 2.01. The topological polar surface area (TPSA) is 97.6 Å². The zero-order valence-corrected chi connectivity index (χ0v) is 10.8. The minimum Gasteiger partial charge on any atom is -0.379 e. The highest BCUT2D eigenvalue weighted by Crippen LogP contribution is 2.19. The minimum atomic E-state index is -3.70. The molecule has 1 aliphatic heterocycles. The van der Waals surface area contributed by atoms with Crippen LogP contribution in [-0.4, -0.2) is 50.0 Å². The van der Waals surface area contributed by atoms with Gasteiger partial charge in [-0.25, -0.2) is 18.1 Å². The predicted molar refractivity (Wildman–Crippen MR) is 64.5 cm³/mol. The van der Waals surface area contributed by atoms with Crippen molar-refractivity contribution in [3.63, 3.8) is 0 Å². The van der Waals surface area contributed by atoms with Crippen LogP contribution < -0.4 is 4.83 Å². The number of morpholine rings is 1. The molecule has 0 atom stereocenters. The molecular weight excluding hydrogens is 272 g/mol. The van der Waals surface area contributed by atoms with Crippen molar-refractivity contribution in [1.82, 2.24) is 20.2 Å². The van der Waals surface area contributed by atoms with Crippen LogP contribution in [0, 0.1) is 0 Å². The lowest BCUT2D eigenvalue weighted by Crippen LogP contribution is -2.48. The fourth-order valence-corrected chi connectivity index (χ4v) is 3.15. The summed E-state index contributed by atoms with van der Waals surface area (Å²) in [6, 6.07) is 4.70. The van der Waals surface area contributed by atoms with E-state index in [4.69, 9.17) is 4.74 Å². The lowest BCUT2D eigenvalue weighted by molar-refractivity contribution is 0.0272. The quantitative estimate of drug-likeness (QED) is 0.829. The molecule has 0 spiro atoms. The fourth-order valence-electron chi connectivity index (χ4n) is 1.87. The number of nitrogens with one attached hydrogen (secondary N) is 1. The summed E-state index contributed by atoms with van der Waals surface area (Å²) in [7, 11) is -3.70. The monoisotopic (exact) mass is 284 g/mol. The lowest BCUT2D eigenvalue weighted by Gasteiger charge is -2.26. The third-order valence-electron chi connectivity index (χ3n) is 2.80. The maximum atomic E-state index is 12.3. The molecule has 9 heteroatoms. The van der Waals surface area contributed by atoms with Gasteiger partial charge in [0.25, 0.3) is 10.0 Å². The summed E-state index contributed by atoms with van der Waals surface area (Å²) >= 11 is 0. The number of rotatable bonds is 3. The summed E-state index contributed by atoms with van der Waals surface area (Å²) in [4.78, 5) is 2.56. The van der Waals surface area contributed by atoms with E-state index in [1.807, 2.05) is 0 Å². The Morgan fingerprint density at radius 2 is 2.00 bits per heavy atom. The third-order valence-corrected chi connectivity index (χ3v) is 4.21. The molecule has 0 saturated carbocycles. The van der Waals surface area contributed by atoms with Gasteiger partial charge in [0, 0.05) is 13.1 Å². The summed E-state index contributed by atoms with van der Waals surface area (Å²) in [6.07, 6.45) is 0. The number of hydrazine groups is 1. The zero-order chi connectivity index (χ0) is 13.3. The van der Waals surface area contributed by atoms with Crippen LogP contribution >= 0.6 is 0 Å². The molecule has 1 aliphatic rings. The number of hydrogen-bond acceptors (Lipinski definition) is 7. The highest BCUT2D eigenvalue weighted by atomic mass is 32.2. The van der Waals surface area contributed by atoms with Crippen LogP contribution in [0.25, 0.3) is 11.0 Å². The van der Waals surface area contributed by atoms with Gasteiger partial charge in [-0.05, 0) is 22.4 Å². The standard InChI is InChI=1S/C10H12N4O4S/c15-19(16,13-14-4-6-17-7-5-14)9-3-1-2-8-10(9)12-18-11-8/h1-3,13H,4-7H2. The highest BCUT2D eigenvalue weighted by Gasteiger charge is 2.23. The van der Waals surface area contributed by atoms with Crippen LogP contribution in [0.15, 0.2) is 27.7 Å². The molecule has 0 bridgehead atoms. The normalized spacial score (nSPS) is 17.9. The molecular formula is C10H12N4O4S. The number of aromatic nitrogens is 2. The van der Waals surface area contributed by atoms with Crippen molar-refractivity contribution in [3.05, 3.63) is 18.2 Å². The number of hydrogen-bond donors (Lipinski definition) is 1. The first-order valence-electron chi connectivity index (χ1n) is 5.73. The van der Waals surface area contributed by atoms with Gasteiger partial charge in [-0.1, -0.05) is 6.07 Å². The molecule has 102 valence electrons. The Hall–Kier alpha value is -1.55. The van der Waals surface area contributed by atoms with Crippen molar-refractivity contribution in [2.75, 3.05) is 26.3 Å². The summed E-state index contributed by atoms with van der Waals surface area (Å²) in [5.74, 6) is 0. The maximum absolute atomic E-state index is 12.3. The van der Waals surface area contributed by atoms with Gasteiger partial charge in [0.2, 0.25) is 0 Å². The van der Waals surface area contributed by atoms with Gasteiger partial charge < -0.3 is 4.74 Å². The lowest BCUT2D eigenvalue weighted by atomic mass is 10.3. The number of nitrogens with zero attached hydrogens (tertiary/aromatic N) is 3. The Bertz CT molecular complexity index is 678. The second-order valence-electron chi connectivity index (χ2n) is 4.08. The molecule has 1 saturated heterocycles. The minimum absolute atomic E-state index is 0.0535. The molecule has 19 heavy (non-hydrogen) atoms. The Morgan fingerprint density at radius 1 is 1.21 bits per heavy atom. The molecule has 0 amide bonds. The van der Waals surface area contributed by atoms with Gasteiger partial charge in [0.1, 0.15) is 10.4 Å². The Kier molecular flexibility index (Phi) is 3.19. The van der Waals surface area contributed by atoms with Gasteiger partial charge in [0.05, 0.1) is 13.2 Å². The van der Waals surface area contributed by atoms with Crippen LogP contribution in [-0.2, 0) is 14.8 Å². The van der Waals surface area contributed by atoms with E-state index in [-0.39, 0.29) is 10.4 Å². The van der Waals surface area contributed by atoms with E-state index < -0.39 is 10.0 Å². The first kappa shape index (κ1) is 12.5. The first-order chi connectivity index (χ1) is 9.17. The second kappa shape index (κ2) is 4.85. The molecule has 3 rings (SSSR count). The maximum Gasteiger partial charge on any atom is 0.255 e. The third kappa shape index (κ3) is 2.45.